The van der Waals surface area contributed by atoms with Crippen molar-refractivity contribution in [1.82, 2.24) is 5.32 Å². The number of benzene rings is 2. The van der Waals surface area contributed by atoms with Crippen molar-refractivity contribution in [2.75, 3.05) is 0 Å². The van der Waals surface area contributed by atoms with E-state index in [-0.39, 0.29) is 11.1 Å². The van der Waals surface area contributed by atoms with Crippen LogP contribution in [0.1, 0.15) is 18.1 Å². The summed E-state index contributed by atoms with van der Waals surface area (Å²) < 4.78 is 6.77. The van der Waals surface area contributed by atoms with Crippen LogP contribution in [0.3, 0.4) is 0 Å². The third kappa shape index (κ3) is 5.45. The first kappa shape index (κ1) is 19.7. The molecule has 1 N–H and O–H groups in total. The summed E-state index contributed by atoms with van der Waals surface area (Å²) in [4.78, 5) is 27.2. The SMILES string of the molecule is CC(=O)NC1=NC(=O)/C(=C/c2ccc(OCc3ccc(Br)cc3)c(Cl)c2)S1. The lowest BCUT2D eigenvalue weighted by molar-refractivity contribution is -0.117. The standard InChI is InChI=1S/C19H14BrClN2O3S/c1-11(24)22-19-23-18(25)17(27-19)9-13-4-7-16(15(21)8-13)26-10-12-2-5-14(20)6-3-12/h2-9H,10H2,1H3,(H,22,23,24,25)/b17-9-. The number of hydrogen-bond donors (Lipinski definition) is 1. The van der Waals surface area contributed by atoms with Crippen molar-refractivity contribution >= 4 is 62.4 Å². The number of nitrogens with one attached hydrogen (secondary N) is 1. The predicted octanol–water partition coefficient (Wildman–Crippen LogP) is 4.79. The third-order valence-corrected chi connectivity index (χ3v) is 5.19. The number of amides is 2. The molecule has 138 valence electrons. The summed E-state index contributed by atoms with van der Waals surface area (Å²) in [5, 5.41) is 3.23. The van der Waals surface area contributed by atoms with Gasteiger partial charge in [-0.25, -0.2) is 0 Å². The zero-order valence-electron chi connectivity index (χ0n) is 14.2. The van der Waals surface area contributed by atoms with Crippen molar-refractivity contribution in [1.29, 1.82) is 0 Å². The molecule has 0 fully saturated rings. The third-order valence-electron chi connectivity index (χ3n) is 3.46. The van der Waals surface area contributed by atoms with Crippen molar-refractivity contribution in [3.8, 4) is 5.75 Å². The Labute approximate surface area is 174 Å². The number of rotatable bonds is 4. The highest BCUT2D eigenvalue weighted by molar-refractivity contribution is 9.10. The summed E-state index contributed by atoms with van der Waals surface area (Å²) in [5.41, 5.74) is 1.77. The molecule has 27 heavy (non-hydrogen) atoms. The van der Waals surface area contributed by atoms with E-state index >= 15 is 0 Å². The molecule has 0 spiro atoms. The highest BCUT2D eigenvalue weighted by atomic mass is 79.9. The molecule has 5 nitrogen and oxygen atoms in total. The van der Waals surface area contributed by atoms with Crippen molar-refractivity contribution < 1.29 is 14.3 Å². The Bertz CT molecular complexity index is 958. The van der Waals surface area contributed by atoms with Gasteiger partial charge < -0.3 is 10.1 Å². The number of ether oxygens (including phenoxy) is 1. The molecular formula is C19H14BrClN2O3S. The van der Waals surface area contributed by atoms with Crippen LogP contribution in [0.5, 0.6) is 5.75 Å². The number of carbonyl (C=O) groups is 2. The quantitative estimate of drug-likeness (QED) is 0.659. The van der Waals surface area contributed by atoms with Crippen LogP contribution in [0.15, 0.2) is 56.8 Å². The number of amidine groups is 1. The normalized spacial score (nSPS) is 15.0. The van der Waals surface area contributed by atoms with Gasteiger partial charge in [-0.2, -0.15) is 4.99 Å². The number of halogens is 2. The Kier molecular flexibility index (Phi) is 6.36. The summed E-state index contributed by atoms with van der Waals surface area (Å²) >= 11 is 10.8. The lowest BCUT2D eigenvalue weighted by Crippen LogP contribution is -2.23. The molecule has 0 bridgehead atoms. The average Bonchev–Trinajstić information content (AvgIpc) is 2.94. The molecule has 2 aromatic rings. The van der Waals surface area contributed by atoms with Gasteiger partial charge >= 0.3 is 0 Å². The molecular weight excluding hydrogens is 452 g/mol. The maximum Gasteiger partial charge on any atom is 0.286 e. The predicted molar refractivity (Wildman–Crippen MR) is 112 cm³/mol. The van der Waals surface area contributed by atoms with E-state index < -0.39 is 5.91 Å². The molecule has 1 aliphatic heterocycles. The van der Waals surface area contributed by atoms with Gasteiger partial charge in [0, 0.05) is 11.4 Å². The van der Waals surface area contributed by atoms with Gasteiger partial charge in [0.25, 0.3) is 5.91 Å². The van der Waals surface area contributed by atoms with E-state index in [1.165, 1.54) is 6.92 Å². The van der Waals surface area contributed by atoms with Crippen LogP contribution >= 0.6 is 39.3 Å². The largest absolute Gasteiger partial charge is 0.487 e. The van der Waals surface area contributed by atoms with Crippen LogP contribution in [0, 0.1) is 0 Å². The maximum absolute atomic E-state index is 11.9. The van der Waals surface area contributed by atoms with Crippen LogP contribution < -0.4 is 10.1 Å². The van der Waals surface area contributed by atoms with E-state index in [1.54, 1.807) is 24.3 Å². The molecule has 8 heteroatoms. The molecule has 0 aliphatic carbocycles. The highest BCUT2D eigenvalue weighted by Crippen LogP contribution is 2.31. The summed E-state index contributed by atoms with van der Waals surface area (Å²) in [5.74, 6) is -0.108. The summed E-state index contributed by atoms with van der Waals surface area (Å²) in [6.45, 7) is 1.76. The topological polar surface area (TPSA) is 67.8 Å². The van der Waals surface area contributed by atoms with E-state index in [2.05, 4.69) is 26.2 Å². The zero-order chi connectivity index (χ0) is 19.4. The van der Waals surface area contributed by atoms with Gasteiger partial charge in [0.05, 0.1) is 9.93 Å². The number of hydrogen-bond acceptors (Lipinski definition) is 4. The second-order valence-electron chi connectivity index (χ2n) is 5.62. The zero-order valence-corrected chi connectivity index (χ0v) is 17.3. The van der Waals surface area contributed by atoms with Gasteiger partial charge in [0.15, 0.2) is 5.17 Å². The Balaban J connectivity index is 1.67. The van der Waals surface area contributed by atoms with Crippen molar-refractivity contribution in [3.63, 3.8) is 0 Å². The Morgan fingerprint density at radius 3 is 2.70 bits per heavy atom. The second-order valence-corrected chi connectivity index (χ2v) is 7.97. The molecule has 0 saturated carbocycles. The lowest BCUT2D eigenvalue weighted by Gasteiger charge is -2.09. The highest BCUT2D eigenvalue weighted by Gasteiger charge is 2.22. The molecule has 2 amide bonds. The van der Waals surface area contributed by atoms with Crippen LogP contribution in [0.25, 0.3) is 6.08 Å². The molecule has 0 aromatic heterocycles. The average molecular weight is 466 g/mol. The summed E-state index contributed by atoms with van der Waals surface area (Å²) in [7, 11) is 0. The van der Waals surface area contributed by atoms with Crippen LogP contribution in [-0.2, 0) is 16.2 Å². The first-order chi connectivity index (χ1) is 12.9. The van der Waals surface area contributed by atoms with E-state index in [1.807, 2.05) is 24.3 Å². The second kappa shape index (κ2) is 8.73. The molecule has 1 aliphatic rings. The Morgan fingerprint density at radius 1 is 1.30 bits per heavy atom. The van der Waals surface area contributed by atoms with Crippen LogP contribution in [-0.4, -0.2) is 17.0 Å². The lowest BCUT2D eigenvalue weighted by atomic mass is 10.2. The van der Waals surface area contributed by atoms with Gasteiger partial charge in [-0.3, -0.25) is 9.59 Å². The summed E-state index contributed by atoms with van der Waals surface area (Å²) in [6, 6.07) is 13.1. The fourth-order valence-corrected chi connectivity index (χ4v) is 3.60. The molecule has 0 saturated heterocycles. The van der Waals surface area contributed by atoms with Crippen molar-refractivity contribution in [2.24, 2.45) is 4.99 Å². The Morgan fingerprint density at radius 2 is 2.04 bits per heavy atom. The maximum atomic E-state index is 11.9. The minimum Gasteiger partial charge on any atom is -0.487 e. The number of carbonyl (C=O) groups excluding carboxylic acids is 2. The van der Waals surface area contributed by atoms with E-state index in [0.717, 1.165) is 27.4 Å². The van der Waals surface area contributed by atoms with Gasteiger partial charge in [-0.05, 0) is 53.2 Å². The van der Waals surface area contributed by atoms with Crippen molar-refractivity contribution in [3.05, 3.63) is 68.0 Å². The minimum atomic E-state index is -0.393. The van der Waals surface area contributed by atoms with Crippen LogP contribution in [0.2, 0.25) is 5.02 Å². The molecule has 1 heterocycles. The van der Waals surface area contributed by atoms with Crippen molar-refractivity contribution in [2.45, 2.75) is 13.5 Å². The van der Waals surface area contributed by atoms with E-state index in [0.29, 0.717) is 22.3 Å². The van der Waals surface area contributed by atoms with Crippen LogP contribution in [0.4, 0.5) is 0 Å². The fourth-order valence-electron chi connectivity index (χ4n) is 2.23. The van der Waals surface area contributed by atoms with Gasteiger partial charge in [0.2, 0.25) is 5.91 Å². The molecule has 0 atom stereocenters. The number of nitrogens with zero attached hydrogens (tertiary/aromatic N) is 1. The molecule has 2 aromatic carbocycles. The summed E-state index contributed by atoms with van der Waals surface area (Å²) in [6.07, 6.45) is 1.68. The molecule has 0 radical (unpaired) electrons. The van der Waals surface area contributed by atoms with Gasteiger partial charge in [-0.1, -0.05) is 45.7 Å². The molecule has 3 rings (SSSR count). The number of thioether (sulfide) groups is 1. The van der Waals surface area contributed by atoms with E-state index in [9.17, 15) is 9.59 Å². The fraction of sp³-hybridized carbons (Fsp3) is 0.105. The minimum absolute atomic E-state index is 0.273. The first-order valence-electron chi connectivity index (χ1n) is 7.87. The number of aliphatic imine (C=N–C) groups is 1. The Hall–Kier alpha value is -2.09. The van der Waals surface area contributed by atoms with Gasteiger partial charge in [-0.15, -0.1) is 0 Å². The first-order valence-corrected chi connectivity index (χ1v) is 9.86. The smallest absolute Gasteiger partial charge is 0.286 e. The van der Waals surface area contributed by atoms with Gasteiger partial charge in [0.1, 0.15) is 12.4 Å². The molecule has 0 unspecified atom stereocenters. The monoisotopic (exact) mass is 464 g/mol. The van der Waals surface area contributed by atoms with E-state index in [4.69, 9.17) is 16.3 Å².